The Kier molecular flexibility index (Phi) is 9.34. The van der Waals surface area contributed by atoms with Crippen LogP contribution in [0, 0.1) is 6.92 Å². The van der Waals surface area contributed by atoms with Crippen molar-refractivity contribution in [1.82, 2.24) is 0 Å². The van der Waals surface area contributed by atoms with E-state index in [4.69, 9.17) is 0 Å². The Bertz CT molecular complexity index is 137. The summed E-state index contributed by atoms with van der Waals surface area (Å²) >= 11 is 0. The molecule has 0 spiro atoms. The zero-order valence-electron chi connectivity index (χ0n) is 5.20. The molecule has 0 aliphatic carbocycles. The molecular weight excluding hydrogens is 338 g/mol. The van der Waals surface area contributed by atoms with Crippen LogP contribution in [0.4, 0.5) is 0 Å². The molecule has 0 bridgehead atoms. The molecule has 0 aliphatic rings. The van der Waals surface area contributed by atoms with Crippen LogP contribution in [0.5, 0.6) is 0 Å². The van der Waals surface area contributed by atoms with E-state index in [0.717, 1.165) is 0 Å². The summed E-state index contributed by atoms with van der Waals surface area (Å²) in [5.41, 5.74) is 1.32. The van der Waals surface area contributed by atoms with Gasteiger partial charge in [0.25, 0.3) is 0 Å². The maximum absolute atomic E-state index is 2.08. The maximum Gasteiger partial charge on any atom is -0.0398 e. The van der Waals surface area contributed by atoms with Gasteiger partial charge in [-0.15, -0.1) is 48.0 Å². The first kappa shape index (κ1) is 12.4. The third-order valence-electron chi connectivity index (χ3n) is 0.940. The van der Waals surface area contributed by atoms with E-state index in [-0.39, 0.29) is 48.0 Å². The van der Waals surface area contributed by atoms with E-state index in [1.54, 1.807) is 0 Å². The Morgan fingerprint density at radius 3 is 1.56 bits per heavy atom. The standard InChI is InChI=1S/C7H8.2HI/c1-7-5-3-2-4-6-7;;/h2-6H,1H3;2*1H. The van der Waals surface area contributed by atoms with Crippen molar-refractivity contribution in [3.63, 3.8) is 0 Å². The Morgan fingerprint density at radius 1 is 0.889 bits per heavy atom. The van der Waals surface area contributed by atoms with E-state index in [9.17, 15) is 0 Å². The van der Waals surface area contributed by atoms with Crippen molar-refractivity contribution in [2.75, 3.05) is 0 Å². The second kappa shape index (κ2) is 6.80. The minimum atomic E-state index is 0. The lowest BCUT2D eigenvalue weighted by Gasteiger charge is -1.82. The van der Waals surface area contributed by atoms with Crippen LogP contribution in [-0.4, -0.2) is 0 Å². The molecule has 0 unspecified atom stereocenters. The van der Waals surface area contributed by atoms with E-state index in [1.807, 2.05) is 18.2 Å². The fraction of sp³-hybridized carbons (Fsp3) is 0.143. The van der Waals surface area contributed by atoms with Crippen LogP contribution in [0.1, 0.15) is 5.56 Å². The van der Waals surface area contributed by atoms with E-state index >= 15 is 0 Å². The van der Waals surface area contributed by atoms with Crippen LogP contribution in [0.15, 0.2) is 30.3 Å². The van der Waals surface area contributed by atoms with Gasteiger partial charge in [-0.2, -0.15) is 0 Å². The van der Waals surface area contributed by atoms with E-state index in [1.165, 1.54) is 5.56 Å². The molecule has 9 heavy (non-hydrogen) atoms. The lowest BCUT2D eigenvalue weighted by molar-refractivity contribution is 1.48. The predicted molar refractivity (Wildman–Crippen MR) is 62.0 cm³/mol. The summed E-state index contributed by atoms with van der Waals surface area (Å²) in [6, 6.07) is 10.3. The average Bonchev–Trinajstić information content (AvgIpc) is 1.69. The molecule has 0 aromatic heterocycles. The largest absolute Gasteiger partial charge is 0.107 e. The average molecular weight is 348 g/mol. The molecule has 0 atom stereocenters. The van der Waals surface area contributed by atoms with Crippen molar-refractivity contribution in [2.45, 2.75) is 6.92 Å². The van der Waals surface area contributed by atoms with Gasteiger partial charge >= 0.3 is 0 Å². The molecule has 52 valence electrons. The third kappa shape index (κ3) is 5.14. The van der Waals surface area contributed by atoms with Crippen LogP contribution in [0.2, 0.25) is 0 Å². The first-order chi connectivity index (χ1) is 3.39. The zero-order valence-corrected chi connectivity index (χ0v) is 9.86. The first-order valence-electron chi connectivity index (χ1n) is 2.41. The number of rotatable bonds is 0. The third-order valence-corrected chi connectivity index (χ3v) is 0.940. The predicted octanol–water partition coefficient (Wildman–Crippen LogP) is 3.23. The van der Waals surface area contributed by atoms with Gasteiger partial charge < -0.3 is 0 Å². The van der Waals surface area contributed by atoms with Crippen LogP contribution in [0.3, 0.4) is 0 Å². The normalized spacial score (nSPS) is 6.78. The summed E-state index contributed by atoms with van der Waals surface area (Å²) in [5.74, 6) is 0. The summed E-state index contributed by atoms with van der Waals surface area (Å²) in [5, 5.41) is 0. The first-order valence-corrected chi connectivity index (χ1v) is 2.41. The molecule has 0 saturated heterocycles. The molecule has 0 heterocycles. The molecule has 1 aromatic carbocycles. The van der Waals surface area contributed by atoms with Crippen molar-refractivity contribution in [2.24, 2.45) is 0 Å². The Labute approximate surface area is 90.1 Å². The van der Waals surface area contributed by atoms with Gasteiger partial charge in [0.2, 0.25) is 0 Å². The van der Waals surface area contributed by atoms with Gasteiger partial charge in [-0.05, 0) is 6.92 Å². The highest BCUT2D eigenvalue weighted by atomic mass is 127. The van der Waals surface area contributed by atoms with Gasteiger partial charge in [0.15, 0.2) is 0 Å². The van der Waals surface area contributed by atoms with E-state index < -0.39 is 0 Å². The molecule has 1 aromatic rings. The van der Waals surface area contributed by atoms with Crippen molar-refractivity contribution in [1.29, 1.82) is 0 Å². The molecule has 0 N–H and O–H groups in total. The highest BCUT2D eigenvalue weighted by molar-refractivity contribution is 14.0. The molecule has 0 fully saturated rings. The SMILES string of the molecule is Cc1ccccc1.I.I. The summed E-state index contributed by atoms with van der Waals surface area (Å²) < 4.78 is 0. The molecule has 2 heteroatoms. The Morgan fingerprint density at radius 2 is 1.33 bits per heavy atom. The number of hydrogen-bond donors (Lipinski definition) is 0. The van der Waals surface area contributed by atoms with Gasteiger partial charge in [-0.1, -0.05) is 35.9 Å². The minimum Gasteiger partial charge on any atom is -0.107 e. The fourth-order valence-electron chi connectivity index (χ4n) is 0.534. The molecule has 0 amide bonds. The maximum atomic E-state index is 2.08. The lowest BCUT2D eigenvalue weighted by atomic mass is 10.2. The number of benzene rings is 1. The molecule has 0 nitrogen and oxygen atoms in total. The molecule has 0 aliphatic heterocycles. The number of halogens is 2. The van der Waals surface area contributed by atoms with Gasteiger partial charge in [0, 0.05) is 0 Å². The lowest BCUT2D eigenvalue weighted by Crippen LogP contribution is -1.62. The molecule has 0 saturated carbocycles. The van der Waals surface area contributed by atoms with Crippen LogP contribution >= 0.6 is 48.0 Å². The van der Waals surface area contributed by atoms with Crippen molar-refractivity contribution >= 4 is 48.0 Å². The Hall–Kier alpha value is 0.680. The van der Waals surface area contributed by atoms with E-state index in [0.29, 0.717) is 0 Å². The monoisotopic (exact) mass is 348 g/mol. The van der Waals surface area contributed by atoms with Crippen molar-refractivity contribution < 1.29 is 0 Å². The summed E-state index contributed by atoms with van der Waals surface area (Å²) in [6.07, 6.45) is 0. The van der Waals surface area contributed by atoms with Crippen LogP contribution < -0.4 is 0 Å². The number of hydrogen-bond acceptors (Lipinski definition) is 0. The highest BCUT2D eigenvalue weighted by Crippen LogP contribution is 1.92. The summed E-state index contributed by atoms with van der Waals surface area (Å²) in [7, 11) is 0. The molecular formula is C7H10I2. The van der Waals surface area contributed by atoms with Crippen molar-refractivity contribution in [3.05, 3.63) is 35.9 Å². The van der Waals surface area contributed by atoms with Gasteiger partial charge in [-0.25, -0.2) is 0 Å². The topological polar surface area (TPSA) is 0 Å². The van der Waals surface area contributed by atoms with Crippen LogP contribution in [0.25, 0.3) is 0 Å². The second-order valence-electron chi connectivity index (χ2n) is 1.65. The zero-order chi connectivity index (χ0) is 5.11. The van der Waals surface area contributed by atoms with Gasteiger partial charge in [0.1, 0.15) is 0 Å². The second-order valence-corrected chi connectivity index (χ2v) is 1.65. The fourth-order valence-corrected chi connectivity index (χ4v) is 0.534. The Balaban J connectivity index is 0. The quantitative estimate of drug-likeness (QED) is 0.632. The summed E-state index contributed by atoms with van der Waals surface area (Å²) in [6.45, 7) is 2.08. The summed E-state index contributed by atoms with van der Waals surface area (Å²) in [4.78, 5) is 0. The van der Waals surface area contributed by atoms with Gasteiger partial charge in [0.05, 0.1) is 0 Å². The van der Waals surface area contributed by atoms with Gasteiger partial charge in [-0.3, -0.25) is 0 Å². The van der Waals surface area contributed by atoms with Crippen molar-refractivity contribution in [3.8, 4) is 0 Å². The molecule has 1 rings (SSSR count). The molecule has 0 radical (unpaired) electrons. The highest BCUT2D eigenvalue weighted by Gasteiger charge is 1.72. The smallest absolute Gasteiger partial charge is 0.0398 e. The van der Waals surface area contributed by atoms with Crippen LogP contribution in [-0.2, 0) is 0 Å². The minimum absolute atomic E-state index is 0. The van der Waals surface area contributed by atoms with E-state index in [2.05, 4.69) is 19.1 Å². The number of aryl methyl sites for hydroxylation is 1.